The summed E-state index contributed by atoms with van der Waals surface area (Å²) in [4.78, 5) is 24.3. The maximum Gasteiger partial charge on any atom is 0.317 e. The van der Waals surface area contributed by atoms with Crippen molar-refractivity contribution in [3.63, 3.8) is 0 Å². The first kappa shape index (κ1) is 13.1. The fourth-order valence-corrected chi connectivity index (χ4v) is 2.56. The van der Waals surface area contributed by atoms with Crippen molar-refractivity contribution in [3.8, 4) is 0 Å². The predicted octanol–water partition coefficient (Wildman–Crippen LogP) is 0.814. The molecule has 1 unspecified atom stereocenters. The summed E-state index contributed by atoms with van der Waals surface area (Å²) in [6.07, 6.45) is 4.02. The highest BCUT2D eigenvalue weighted by Crippen LogP contribution is 2.18. The smallest absolute Gasteiger partial charge is 0.317 e. The maximum atomic E-state index is 12.0. The number of carboxylic acid groups (broad SMARTS) is 1. The maximum absolute atomic E-state index is 12.0. The van der Waals surface area contributed by atoms with Crippen molar-refractivity contribution in [1.82, 2.24) is 10.2 Å². The fraction of sp³-hybridized carbons (Fsp3) is 0.833. The molecule has 6 heteroatoms. The SMILES string of the molecule is O=C(O)CC1CN(C(=O)NC2CCCC2)CCO1. The first-order valence-electron chi connectivity index (χ1n) is 6.54. The first-order valence-corrected chi connectivity index (χ1v) is 6.54. The Kier molecular flexibility index (Phi) is 4.41. The van der Waals surface area contributed by atoms with Crippen molar-refractivity contribution >= 4 is 12.0 Å². The van der Waals surface area contributed by atoms with Crippen LogP contribution in [-0.4, -0.2) is 53.8 Å². The van der Waals surface area contributed by atoms with E-state index in [0.717, 1.165) is 12.8 Å². The molecule has 2 N–H and O–H groups in total. The molecule has 0 radical (unpaired) electrons. The van der Waals surface area contributed by atoms with Crippen LogP contribution in [0.5, 0.6) is 0 Å². The van der Waals surface area contributed by atoms with Gasteiger partial charge in [-0.2, -0.15) is 0 Å². The Morgan fingerprint density at radius 2 is 2.06 bits per heavy atom. The number of hydrogen-bond donors (Lipinski definition) is 2. The van der Waals surface area contributed by atoms with Gasteiger partial charge < -0.3 is 20.1 Å². The van der Waals surface area contributed by atoms with E-state index >= 15 is 0 Å². The summed E-state index contributed by atoms with van der Waals surface area (Å²) in [6, 6.07) is 0.207. The Morgan fingerprint density at radius 1 is 1.33 bits per heavy atom. The van der Waals surface area contributed by atoms with E-state index in [1.165, 1.54) is 12.8 Å². The van der Waals surface area contributed by atoms with E-state index in [2.05, 4.69) is 5.32 Å². The molecule has 2 aliphatic rings. The number of rotatable bonds is 3. The highest BCUT2D eigenvalue weighted by molar-refractivity contribution is 5.75. The molecular formula is C12H20N2O4. The van der Waals surface area contributed by atoms with Gasteiger partial charge in [0.15, 0.2) is 0 Å². The monoisotopic (exact) mass is 256 g/mol. The Bertz CT molecular complexity index is 315. The normalized spacial score (nSPS) is 25.1. The molecule has 102 valence electrons. The van der Waals surface area contributed by atoms with Gasteiger partial charge in [0, 0.05) is 19.1 Å². The summed E-state index contributed by atoms with van der Waals surface area (Å²) in [5, 5.41) is 11.7. The number of nitrogens with one attached hydrogen (secondary N) is 1. The number of carbonyl (C=O) groups is 2. The molecule has 2 rings (SSSR count). The van der Waals surface area contributed by atoms with Gasteiger partial charge in [0.25, 0.3) is 0 Å². The summed E-state index contributed by atoms with van der Waals surface area (Å²) in [5.41, 5.74) is 0. The second kappa shape index (κ2) is 6.04. The van der Waals surface area contributed by atoms with Crippen LogP contribution in [-0.2, 0) is 9.53 Å². The van der Waals surface area contributed by atoms with Crippen LogP contribution in [0.15, 0.2) is 0 Å². The van der Waals surface area contributed by atoms with Crippen molar-refractivity contribution in [2.45, 2.75) is 44.2 Å². The Labute approximate surface area is 106 Å². The molecule has 1 saturated carbocycles. The second-order valence-corrected chi connectivity index (χ2v) is 4.97. The van der Waals surface area contributed by atoms with Crippen LogP contribution in [0, 0.1) is 0 Å². The van der Waals surface area contributed by atoms with Crippen LogP contribution in [0.2, 0.25) is 0 Å². The summed E-state index contributed by atoms with van der Waals surface area (Å²) >= 11 is 0. The lowest BCUT2D eigenvalue weighted by Crippen LogP contribution is -2.51. The lowest BCUT2D eigenvalue weighted by Gasteiger charge is -2.33. The number of carbonyl (C=O) groups excluding carboxylic acids is 1. The van der Waals surface area contributed by atoms with Crippen LogP contribution >= 0.6 is 0 Å². The van der Waals surface area contributed by atoms with Crippen molar-refractivity contribution in [2.75, 3.05) is 19.7 Å². The van der Waals surface area contributed by atoms with Gasteiger partial charge in [0.1, 0.15) is 0 Å². The third-order valence-electron chi connectivity index (χ3n) is 3.51. The number of nitrogens with zero attached hydrogens (tertiary/aromatic N) is 1. The molecule has 1 atom stereocenters. The van der Waals surface area contributed by atoms with Crippen LogP contribution < -0.4 is 5.32 Å². The molecular weight excluding hydrogens is 236 g/mol. The highest BCUT2D eigenvalue weighted by atomic mass is 16.5. The fourth-order valence-electron chi connectivity index (χ4n) is 2.56. The van der Waals surface area contributed by atoms with Gasteiger partial charge in [-0.3, -0.25) is 4.79 Å². The zero-order valence-electron chi connectivity index (χ0n) is 10.4. The Hall–Kier alpha value is -1.30. The molecule has 1 heterocycles. The minimum atomic E-state index is -0.891. The number of hydrogen-bond acceptors (Lipinski definition) is 3. The summed E-state index contributed by atoms with van der Waals surface area (Å²) < 4.78 is 5.34. The summed E-state index contributed by atoms with van der Waals surface area (Å²) in [5.74, 6) is -0.891. The minimum Gasteiger partial charge on any atom is -0.481 e. The predicted molar refractivity (Wildman–Crippen MR) is 64.4 cm³/mol. The van der Waals surface area contributed by atoms with Gasteiger partial charge >= 0.3 is 12.0 Å². The Morgan fingerprint density at radius 3 is 2.72 bits per heavy atom. The van der Waals surface area contributed by atoms with Crippen molar-refractivity contribution in [1.29, 1.82) is 0 Å². The van der Waals surface area contributed by atoms with Crippen molar-refractivity contribution < 1.29 is 19.4 Å². The lowest BCUT2D eigenvalue weighted by molar-refractivity contribution is -0.141. The van der Waals surface area contributed by atoms with Crippen LogP contribution in [0.3, 0.4) is 0 Å². The van der Waals surface area contributed by atoms with Crippen molar-refractivity contribution in [2.24, 2.45) is 0 Å². The molecule has 0 aromatic heterocycles. The zero-order valence-corrected chi connectivity index (χ0v) is 10.4. The van der Waals surface area contributed by atoms with Gasteiger partial charge in [-0.25, -0.2) is 4.79 Å². The number of urea groups is 1. The second-order valence-electron chi connectivity index (χ2n) is 4.97. The van der Waals surface area contributed by atoms with E-state index in [1.807, 2.05) is 0 Å². The number of ether oxygens (including phenoxy) is 1. The molecule has 1 saturated heterocycles. The largest absolute Gasteiger partial charge is 0.481 e. The number of amides is 2. The minimum absolute atomic E-state index is 0.0484. The molecule has 1 aliphatic heterocycles. The lowest BCUT2D eigenvalue weighted by atomic mass is 10.2. The molecule has 6 nitrogen and oxygen atoms in total. The standard InChI is InChI=1S/C12H20N2O4/c15-11(16)7-10-8-14(5-6-18-10)12(17)13-9-3-1-2-4-9/h9-10H,1-8H2,(H,13,17)(H,15,16). The van der Waals surface area contributed by atoms with Crippen LogP contribution in [0.25, 0.3) is 0 Å². The number of aliphatic carboxylic acids is 1. The average Bonchev–Trinajstić information content (AvgIpc) is 2.81. The van der Waals surface area contributed by atoms with Gasteiger partial charge in [0.2, 0.25) is 0 Å². The topological polar surface area (TPSA) is 78.9 Å². The summed E-state index contributed by atoms with van der Waals surface area (Å²) in [7, 11) is 0. The third-order valence-corrected chi connectivity index (χ3v) is 3.51. The quantitative estimate of drug-likeness (QED) is 0.783. The van der Waals surface area contributed by atoms with Gasteiger partial charge in [-0.15, -0.1) is 0 Å². The molecule has 0 aromatic carbocycles. The van der Waals surface area contributed by atoms with E-state index in [9.17, 15) is 9.59 Å². The Balaban J connectivity index is 1.79. The zero-order chi connectivity index (χ0) is 13.0. The van der Waals surface area contributed by atoms with E-state index < -0.39 is 5.97 Å². The molecule has 2 fully saturated rings. The average molecular weight is 256 g/mol. The molecule has 1 aliphatic carbocycles. The third kappa shape index (κ3) is 3.60. The highest BCUT2D eigenvalue weighted by Gasteiger charge is 2.27. The number of morpholine rings is 1. The van der Waals surface area contributed by atoms with Crippen LogP contribution in [0.1, 0.15) is 32.1 Å². The molecule has 0 bridgehead atoms. The molecule has 2 amide bonds. The van der Waals surface area contributed by atoms with E-state index in [0.29, 0.717) is 25.7 Å². The van der Waals surface area contributed by atoms with Crippen molar-refractivity contribution in [3.05, 3.63) is 0 Å². The van der Waals surface area contributed by atoms with E-state index in [-0.39, 0.29) is 18.6 Å². The summed E-state index contributed by atoms with van der Waals surface area (Å²) in [6.45, 7) is 1.32. The molecule has 18 heavy (non-hydrogen) atoms. The molecule has 0 spiro atoms. The van der Waals surface area contributed by atoms with Gasteiger partial charge in [0.05, 0.1) is 19.1 Å². The van der Waals surface area contributed by atoms with E-state index in [4.69, 9.17) is 9.84 Å². The van der Waals surface area contributed by atoms with Gasteiger partial charge in [-0.1, -0.05) is 12.8 Å². The first-order chi connectivity index (χ1) is 8.65. The van der Waals surface area contributed by atoms with Gasteiger partial charge in [-0.05, 0) is 12.8 Å². The van der Waals surface area contributed by atoms with Crippen LogP contribution in [0.4, 0.5) is 4.79 Å². The molecule has 0 aromatic rings. The number of carboxylic acids is 1. The van der Waals surface area contributed by atoms with E-state index in [1.54, 1.807) is 4.90 Å².